The first kappa shape index (κ1) is 16.1. The van der Waals surface area contributed by atoms with Crippen LogP contribution >= 0.6 is 0 Å². The molecule has 5 heteroatoms. The SMILES string of the molecule is O=C1NC2(CCCN(Cc3ccc(F)cc3)C2)COc2ccccc21. The maximum atomic E-state index is 13.1. The van der Waals surface area contributed by atoms with Crippen molar-refractivity contribution in [2.24, 2.45) is 0 Å². The van der Waals surface area contributed by atoms with Crippen molar-refractivity contribution < 1.29 is 13.9 Å². The van der Waals surface area contributed by atoms with Gasteiger partial charge in [0.2, 0.25) is 0 Å². The first-order valence-corrected chi connectivity index (χ1v) is 8.65. The number of ether oxygens (including phenoxy) is 1. The number of nitrogens with one attached hydrogen (secondary N) is 1. The average Bonchev–Trinajstić information content (AvgIpc) is 2.75. The van der Waals surface area contributed by atoms with Crippen LogP contribution in [0.3, 0.4) is 0 Å². The van der Waals surface area contributed by atoms with Crippen molar-refractivity contribution >= 4 is 5.91 Å². The maximum Gasteiger partial charge on any atom is 0.255 e. The highest BCUT2D eigenvalue weighted by molar-refractivity contribution is 5.97. The quantitative estimate of drug-likeness (QED) is 0.914. The summed E-state index contributed by atoms with van der Waals surface area (Å²) >= 11 is 0. The largest absolute Gasteiger partial charge is 0.490 e. The Morgan fingerprint density at radius 2 is 1.96 bits per heavy atom. The molecule has 1 amide bonds. The van der Waals surface area contributed by atoms with Crippen LogP contribution < -0.4 is 10.1 Å². The van der Waals surface area contributed by atoms with Crippen LogP contribution in [0, 0.1) is 5.82 Å². The Morgan fingerprint density at radius 3 is 2.80 bits per heavy atom. The predicted octanol–water partition coefficient (Wildman–Crippen LogP) is 2.98. The predicted molar refractivity (Wildman–Crippen MR) is 93.0 cm³/mol. The minimum Gasteiger partial charge on any atom is -0.490 e. The Bertz CT molecular complexity index is 778. The number of carbonyl (C=O) groups is 1. The summed E-state index contributed by atoms with van der Waals surface area (Å²) in [6, 6.07) is 14.0. The third kappa shape index (κ3) is 3.37. The summed E-state index contributed by atoms with van der Waals surface area (Å²) in [4.78, 5) is 14.9. The zero-order chi connectivity index (χ0) is 17.3. The number of piperidine rings is 1. The average molecular weight is 340 g/mol. The summed E-state index contributed by atoms with van der Waals surface area (Å²) in [5.74, 6) is 0.352. The molecule has 1 N–H and O–H groups in total. The summed E-state index contributed by atoms with van der Waals surface area (Å²) in [5, 5.41) is 3.21. The van der Waals surface area contributed by atoms with Gasteiger partial charge in [0.1, 0.15) is 18.2 Å². The fourth-order valence-electron chi connectivity index (χ4n) is 3.77. The van der Waals surface area contributed by atoms with Crippen molar-refractivity contribution in [1.82, 2.24) is 10.2 Å². The second-order valence-corrected chi connectivity index (χ2v) is 6.96. The number of amides is 1. The van der Waals surface area contributed by atoms with E-state index in [1.165, 1.54) is 12.1 Å². The number of hydrogen-bond donors (Lipinski definition) is 1. The van der Waals surface area contributed by atoms with E-state index in [2.05, 4.69) is 10.2 Å². The topological polar surface area (TPSA) is 41.6 Å². The number of likely N-dealkylation sites (tertiary alicyclic amines) is 1. The number of fused-ring (bicyclic) bond motifs is 1. The monoisotopic (exact) mass is 340 g/mol. The van der Waals surface area contributed by atoms with Gasteiger partial charge in [-0.25, -0.2) is 4.39 Å². The molecule has 25 heavy (non-hydrogen) atoms. The number of hydrogen-bond acceptors (Lipinski definition) is 3. The molecule has 2 aliphatic rings. The van der Waals surface area contributed by atoms with Crippen molar-refractivity contribution in [2.45, 2.75) is 24.9 Å². The van der Waals surface area contributed by atoms with Crippen LogP contribution in [-0.2, 0) is 6.54 Å². The number of nitrogens with zero attached hydrogens (tertiary/aromatic N) is 1. The molecule has 1 saturated heterocycles. The first-order chi connectivity index (χ1) is 12.1. The van der Waals surface area contributed by atoms with E-state index in [1.807, 2.05) is 30.3 Å². The Kier molecular flexibility index (Phi) is 4.17. The van der Waals surface area contributed by atoms with Crippen LogP contribution in [-0.4, -0.2) is 36.0 Å². The maximum absolute atomic E-state index is 13.1. The molecule has 0 radical (unpaired) electrons. The van der Waals surface area contributed by atoms with Crippen molar-refractivity contribution in [3.8, 4) is 5.75 Å². The third-order valence-corrected chi connectivity index (χ3v) is 4.99. The Balaban J connectivity index is 1.50. The van der Waals surface area contributed by atoms with Crippen molar-refractivity contribution in [1.29, 1.82) is 0 Å². The molecule has 0 saturated carbocycles. The van der Waals surface area contributed by atoms with Gasteiger partial charge in [-0.2, -0.15) is 0 Å². The van der Waals surface area contributed by atoms with Crippen LogP contribution in [0.5, 0.6) is 5.75 Å². The fourth-order valence-corrected chi connectivity index (χ4v) is 3.77. The lowest BCUT2D eigenvalue weighted by Crippen LogP contribution is -2.60. The van der Waals surface area contributed by atoms with Crippen LogP contribution in [0.25, 0.3) is 0 Å². The van der Waals surface area contributed by atoms with Gasteiger partial charge >= 0.3 is 0 Å². The van der Waals surface area contributed by atoms with Crippen LogP contribution in [0.15, 0.2) is 48.5 Å². The van der Waals surface area contributed by atoms with Gasteiger partial charge in [0.25, 0.3) is 5.91 Å². The van der Waals surface area contributed by atoms with E-state index < -0.39 is 0 Å². The molecule has 4 nitrogen and oxygen atoms in total. The summed E-state index contributed by atoms with van der Waals surface area (Å²) < 4.78 is 19.1. The van der Waals surface area contributed by atoms with Gasteiger partial charge in [0, 0.05) is 13.1 Å². The molecule has 4 rings (SSSR count). The molecule has 1 atom stereocenters. The molecule has 0 bridgehead atoms. The fraction of sp³-hybridized carbons (Fsp3) is 0.350. The zero-order valence-corrected chi connectivity index (χ0v) is 14.0. The van der Waals surface area contributed by atoms with Crippen LogP contribution in [0.2, 0.25) is 0 Å². The smallest absolute Gasteiger partial charge is 0.255 e. The van der Waals surface area contributed by atoms with Gasteiger partial charge in [0.15, 0.2) is 0 Å². The second kappa shape index (κ2) is 6.48. The van der Waals surface area contributed by atoms with Gasteiger partial charge in [-0.1, -0.05) is 24.3 Å². The summed E-state index contributed by atoms with van der Waals surface area (Å²) in [7, 11) is 0. The number of carbonyl (C=O) groups excluding carboxylic acids is 1. The van der Waals surface area contributed by atoms with E-state index in [0.717, 1.165) is 38.0 Å². The molecule has 2 aromatic rings. The van der Waals surface area contributed by atoms with E-state index >= 15 is 0 Å². The molecule has 2 heterocycles. The van der Waals surface area contributed by atoms with Gasteiger partial charge in [-0.3, -0.25) is 9.69 Å². The number of para-hydroxylation sites is 1. The van der Waals surface area contributed by atoms with E-state index in [-0.39, 0.29) is 17.3 Å². The minimum absolute atomic E-state index is 0.0725. The number of rotatable bonds is 2. The summed E-state index contributed by atoms with van der Waals surface area (Å²) in [6.07, 6.45) is 1.88. The molecular weight excluding hydrogens is 319 g/mol. The first-order valence-electron chi connectivity index (χ1n) is 8.65. The van der Waals surface area contributed by atoms with Gasteiger partial charge in [-0.05, 0) is 49.2 Å². The van der Waals surface area contributed by atoms with Crippen molar-refractivity contribution in [2.75, 3.05) is 19.7 Å². The standard InChI is InChI=1S/C20H21FN2O2/c21-16-8-6-15(7-9-16)12-23-11-3-10-20(13-23)14-25-18-5-2-1-4-17(18)19(24)22-20/h1-2,4-9H,3,10-14H2,(H,22,24). The zero-order valence-electron chi connectivity index (χ0n) is 14.0. The summed E-state index contributed by atoms with van der Waals surface area (Å²) in [6.45, 7) is 2.90. The van der Waals surface area contributed by atoms with Crippen molar-refractivity contribution in [3.05, 3.63) is 65.5 Å². The molecular formula is C20H21FN2O2. The van der Waals surface area contributed by atoms with Gasteiger partial charge < -0.3 is 10.1 Å². The van der Waals surface area contributed by atoms with Gasteiger partial charge in [-0.15, -0.1) is 0 Å². The van der Waals surface area contributed by atoms with Crippen molar-refractivity contribution in [3.63, 3.8) is 0 Å². The van der Waals surface area contributed by atoms with Crippen LogP contribution in [0.1, 0.15) is 28.8 Å². The molecule has 2 aliphatic heterocycles. The Labute approximate surface area is 146 Å². The minimum atomic E-state index is -0.381. The molecule has 130 valence electrons. The Morgan fingerprint density at radius 1 is 1.16 bits per heavy atom. The lowest BCUT2D eigenvalue weighted by molar-refractivity contribution is 0.0643. The molecule has 1 unspecified atom stereocenters. The molecule has 0 aromatic heterocycles. The molecule has 0 aliphatic carbocycles. The Hall–Kier alpha value is -2.40. The third-order valence-electron chi connectivity index (χ3n) is 4.99. The lowest BCUT2D eigenvalue weighted by Gasteiger charge is -2.42. The molecule has 2 aromatic carbocycles. The highest BCUT2D eigenvalue weighted by Crippen LogP contribution is 2.29. The van der Waals surface area contributed by atoms with E-state index in [0.29, 0.717) is 17.9 Å². The molecule has 1 fully saturated rings. The highest BCUT2D eigenvalue weighted by Gasteiger charge is 2.40. The lowest BCUT2D eigenvalue weighted by atomic mass is 9.89. The van der Waals surface area contributed by atoms with E-state index in [9.17, 15) is 9.18 Å². The molecule has 1 spiro atoms. The van der Waals surface area contributed by atoms with Gasteiger partial charge in [0.05, 0.1) is 11.1 Å². The number of benzene rings is 2. The summed E-state index contributed by atoms with van der Waals surface area (Å²) in [5.41, 5.74) is 1.28. The van der Waals surface area contributed by atoms with E-state index in [1.54, 1.807) is 6.07 Å². The number of halogens is 1. The highest BCUT2D eigenvalue weighted by atomic mass is 19.1. The van der Waals surface area contributed by atoms with Crippen LogP contribution in [0.4, 0.5) is 4.39 Å². The second-order valence-electron chi connectivity index (χ2n) is 6.96. The van der Waals surface area contributed by atoms with E-state index in [4.69, 9.17) is 4.74 Å². The normalized spacial score (nSPS) is 23.5.